The zero-order valence-electron chi connectivity index (χ0n) is 12.5. The zero-order chi connectivity index (χ0) is 16.0. The molecule has 0 aromatic carbocycles. The van der Waals surface area contributed by atoms with Crippen LogP contribution in [-0.2, 0) is 4.74 Å². The van der Waals surface area contributed by atoms with E-state index < -0.39 is 35.9 Å². The van der Waals surface area contributed by atoms with E-state index in [1.54, 1.807) is 20.8 Å². The first kappa shape index (κ1) is 16.4. The number of rotatable bonds is 0. The lowest BCUT2D eigenvalue weighted by molar-refractivity contribution is -0.202. The van der Waals surface area contributed by atoms with Crippen LogP contribution in [0.3, 0.4) is 0 Å². The smallest absolute Gasteiger partial charge is 0.410 e. The number of nitrogens with zero attached hydrogens (tertiary/aromatic N) is 1. The summed E-state index contributed by atoms with van der Waals surface area (Å²) in [4.78, 5) is 13.6. The third-order valence-corrected chi connectivity index (χ3v) is 4.15. The van der Waals surface area contributed by atoms with Crippen LogP contribution in [-0.4, -0.2) is 46.1 Å². The number of hydrogen-bond acceptors (Lipinski definition) is 3. The van der Waals surface area contributed by atoms with Crippen molar-refractivity contribution >= 4 is 6.09 Å². The number of alkyl halides is 3. The number of aliphatic hydroxyl groups excluding tert-OH is 1. The largest absolute Gasteiger partial charge is 0.444 e. The monoisotopic (exact) mass is 309 g/mol. The molecule has 4 atom stereocenters. The molecule has 2 aliphatic rings. The van der Waals surface area contributed by atoms with Gasteiger partial charge in [0, 0.05) is 12.1 Å². The Bertz CT molecular complexity index is 405. The molecule has 1 amide bonds. The molecule has 122 valence electrons. The molecule has 0 spiro atoms. The summed E-state index contributed by atoms with van der Waals surface area (Å²) in [6.07, 6.45) is -5.62. The highest BCUT2D eigenvalue weighted by Gasteiger charge is 2.52. The molecule has 0 aromatic heterocycles. The first-order chi connectivity index (χ1) is 9.49. The van der Waals surface area contributed by atoms with Crippen LogP contribution in [0, 0.1) is 5.92 Å². The maximum Gasteiger partial charge on any atom is 0.410 e. The van der Waals surface area contributed by atoms with Crippen LogP contribution in [0.4, 0.5) is 18.0 Å². The Morgan fingerprint density at radius 1 is 1.14 bits per heavy atom. The molecule has 2 rings (SSSR count). The van der Waals surface area contributed by atoms with Crippen LogP contribution < -0.4 is 0 Å². The Balaban J connectivity index is 2.17. The van der Waals surface area contributed by atoms with Crippen LogP contribution >= 0.6 is 0 Å². The minimum absolute atomic E-state index is 0.0417. The summed E-state index contributed by atoms with van der Waals surface area (Å²) in [7, 11) is 0. The molecule has 4 nitrogen and oxygen atoms in total. The van der Waals surface area contributed by atoms with Crippen molar-refractivity contribution in [3.8, 4) is 0 Å². The molecule has 0 aromatic rings. The molecule has 0 aliphatic carbocycles. The fraction of sp³-hybridized carbons (Fsp3) is 0.929. The van der Waals surface area contributed by atoms with Crippen molar-refractivity contribution in [2.45, 2.75) is 76.4 Å². The van der Waals surface area contributed by atoms with Crippen molar-refractivity contribution < 1.29 is 27.8 Å². The van der Waals surface area contributed by atoms with Crippen molar-refractivity contribution in [1.29, 1.82) is 0 Å². The van der Waals surface area contributed by atoms with E-state index in [4.69, 9.17) is 4.74 Å². The van der Waals surface area contributed by atoms with Crippen LogP contribution in [0.2, 0.25) is 0 Å². The molecule has 2 saturated heterocycles. The van der Waals surface area contributed by atoms with Gasteiger partial charge in [0.25, 0.3) is 0 Å². The third kappa shape index (κ3) is 3.62. The number of aliphatic hydroxyl groups is 1. The molecule has 4 unspecified atom stereocenters. The Morgan fingerprint density at radius 3 is 2.14 bits per heavy atom. The Morgan fingerprint density at radius 2 is 1.67 bits per heavy atom. The third-order valence-electron chi connectivity index (χ3n) is 4.15. The van der Waals surface area contributed by atoms with Gasteiger partial charge in [0.05, 0.1) is 12.0 Å². The zero-order valence-corrected chi connectivity index (χ0v) is 12.5. The highest BCUT2D eigenvalue weighted by Crippen LogP contribution is 2.43. The van der Waals surface area contributed by atoms with Crippen molar-refractivity contribution in [3.63, 3.8) is 0 Å². The molecule has 2 aliphatic heterocycles. The summed E-state index contributed by atoms with van der Waals surface area (Å²) >= 11 is 0. The lowest BCUT2D eigenvalue weighted by Gasteiger charge is -2.31. The minimum atomic E-state index is -4.44. The highest BCUT2D eigenvalue weighted by atomic mass is 19.4. The van der Waals surface area contributed by atoms with Gasteiger partial charge in [-0.2, -0.15) is 13.2 Å². The van der Waals surface area contributed by atoms with Gasteiger partial charge in [-0.3, -0.25) is 0 Å². The topological polar surface area (TPSA) is 49.8 Å². The van der Waals surface area contributed by atoms with E-state index in [-0.39, 0.29) is 18.9 Å². The normalized spacial score (nSPS) is 33.8. The van der Waals surface area contributed by atoms with E-state index in [1.807, 2.05) is 0 Å². The average Bonchev–Trinajstić information content (AvgIpc) is 2.55. The number of halogens is 3. The number of carbonyl (C=O) groups is 1. The SMILES string of the molecule is CC(C)(C)OC(=O)N1C2CCC1CC(C(F)(F)F)C(O)C2. The van der Waals surface area contributed by atoms with Gasteiger partial charge in [0.1, 0.15) is 5.60 Å². The highest BCUT2D eigenvalue weighted by molar-refractivity contribution is 5.69. The summed E-state index contributed by atoms with van der Waals surface area (Å²) in [5.41, 5.74) is -0.690. The van der Waals surface area contributed by atoms with E-state index in [2.05, 4.69) is 0 Å². The summed E-state index contributed by atoms with van der Waals surface area (Å²) < 4.78 is 44.3. The quantitative estimate of drug-likeness (QED) is 0.748. The summed E-state index contributed by atoms with van der Waals surface area (Å²) in [5.74, 6) is -1.77. The van der Waals surface area contributed by atoms with Crippen molar-refractivity contribution in [2.24, 2.45) is 5.92 Å². The standard InChI is InChI=1S/C14H22F3NO3/c1-13(2,3)21-12(20)18-8-4-5-9(18)7-11(19)10(6-8)14(15,16)17/h8-11,19H,4-7H2,1-3H3. The second kappa shape index (κ2) is 5.34. The van der Waals surface area contributed by atoms with Crippen molar-refractivity contribution in [1.82, 2.24) is 4.90 Å². The second-order valence-corrected chi connectivity index (χ2v) is 6.96. The maximum atomic E-state index is 13.0. The van der Waals surface area contributed by atoms with Crippen LogP contribution in [0.25, 0.3) is 0 Å². The molecule has 2 fully saturated rings. The summed E-state index contributed by atoms with van der Waals surface area (Å²) in [6.45, 7) is 5.16. The molecule has 2 bridgehead atoms. The number of ether oxygens (including phenoxy) is 1. The Labute approximate surface area is 122 Å². The lowest BCUT2D eigenvalue weighted by atomic mass is 9.88. The molecule has 0 saturated carbocycles. The van der Waals surface area contributed by atoms with E-state index in [1.165, 1.54) is 4.90 Å². The molecule has 0 radical (unpaired) electrons. The molecule has 2 heterocycles. The molecular formula is C14H22F3NO3. The van der Waals surface area contributed by atoms with Crippen LogP contribution in [0.15, 0.2) is 0 Å². The van der Waals surface area contributed by atoms with E-state index in [9.17, 15) is 23.1 Å². The van der Waals surface area contributed by atoms with E-state index in [0.29, 0.717) is 12.8 Å². The molecular weight excluding hydrogens is 287 g/mol. The number of fused-ring (bicyclic) bond motifs is 2. The fourth-order valence-corrected chi connectivity index (χ4v) is 3.28. The van der Waals surface area contributed by atoms with Crippen LogP contribution in [0.1, 0.15) is 46.5 Å². The predicted octanol–water partition coefficient (Wildman–Crippen LogP) is 3.09. The van der Waals surface area contributed by atoms with Gasteiger partial charge in [-0.1, -0.05) is 0 Å². The van der Waals surface area contributed by atoms with E-state index in [0.717, 1.165) is 0 Å². The Kier molecular flexibility index (Phi) is 4.17. The first-order valence-corrected chi connectivity index (χ1v) is 7.25. The van der Waals surface area contributed by atoms with Gasteiger partial charge in [-0.25, -0.2) is 4.79 Å². The minimum Gasteiger partial charge on any atom is -0.444 e. The molecule has 7 heteroatoms. The van der Waals surface area contributed by atoms with Gasteiger partial charge < -0.3 is 14.7 Å². The van der Waals surface area contributed by atoms with Gasteiger partial charge in [-0.15, -0.1) is 0 Å². The van der Waals surface area contributed by atoms with Gasteiger partial charge >= 0.3 is 12.3 Å². The first-order valence-electron chi connectivity index (χ1n) is 7.25. The second-order valence-electron chi connectivity index (χ2n) is 6.96. The number of amides is 1. The van der Waals surface area contributed by atoms with Crippen molar-refractivity contribution in [3.05, 3.63) is 0 Å². The van der Waals surface area contributed by atoms with Crippen LogP contribution in [0.5, 0.6) is 0 Å². The molecule has 21 heavy (non-hydrogen) atoms. The fourth-order valence-electron chi connectivity index (χ4n) is 3.28. The van der Waals surface area contributed by atoms with Crippen molar-refractivity contribution in [2.75, 3.05) is 0 Å². The molecule has 1 N–H and O–H groups in total. The van der Waals surface area contributed by atoms with Gasteiger partial charge in [0.15, 0.2) is 0 Å². The Hall–Kier alpha value is -0.980. The average molecular weight is 309 g/mol. The van der Waals surface area contributed by atoms with Gasteiger partial charge in [-0.05, 0) is 46.5 Å². The lowest BCUT2D eigenvalue weighted by Crippen LogP contribution is -2.43. The van der Waals surface area contributed by atoms with Gasteiger partial charge in [0.2, 0.25) is 0 Å². The number of hydrogen-bond donors (Lipinski definition) is 1. The summed E-state index contributed by atoms with van der Waals surface area (Å²) in [6, 6.07) is -0.874. The predicted molar refractivity (Wildman–Crippen MR) is 69.7 cm³/mol. The van der Waals surface area contributed by atoms with E-state index >= 15 is 0 Å². The maximum absolute atomic E-state index is 13.0. The number of carbonyl (C=O) groups excluding carboxylic acids is 1. The summed E-state index contributed by atoms with van der Waals surface area (Å²) in [5, 5.41) is 9.84.